The number of aliphatic hydroxyl groups is 6. The molecule has 0 aromatic heterocycles. The third-order valence-corrected chi connectivity index (χ3v) is 7.38. The van der Waals surface area contributed by atoms with Gasteiger partial charge in [0.15, 0.2) is 0 Å². The summed E-state index contributed by atoms with van der Waals surface area (Å²) in [6.07, 6.45) is -5.03. The molecule has 4 atom stereocenters. The number of rotatable bonds is 34. The van der Waals surface area contributed by atoms with E-state index < -0.39 is 98.8 Å². The summed E-state index contributed by atoms with van der Waals surface area (Å²) in [6.45, 7) is 13.5. The average Bonchev–Trinajstić information content (AvgIpc) is 3.16. The van der Waals surface area contributed by atoms with Gasteiger partial charge in [0.2, 0.25) is 0 Å². The SMILES string of the molecule is C=C(C)C(=O)OCC(O)COCC(CO)(COCC(O)COC(=O)C(=C)C)COCC(CO)(COCC(O)COC(=O)C(=C)C)COCC(O)COC(=O)C(=C)C. The van der Waals surface area contributed by atoms with Crippen molar-refractivity contribution in [2.75, 3.05) is 106 Å². The molecule has 0 spiro atoms. The van der Waals surface area contributed by atoms with Crippen LogP contribution in [0.2, 0.25) is 0 Å². The fourth-order valence-electron chi connectivity index (χ4n) is 4.03. The maximum Gasteiger partial charge on any atom is 0.333 e. The van der Waals surface area contributed by atoms with Crippen molar-refractivity contribution in [1.82, 2.24) is 0 Å². The normalized spacial score (nSPS) is 15.5. The van der Waals surface area contributed by atoms with E-state index in [0.29, 0.717) is 0 Å². The van der Waals surface area contributed by atoms with Crippen LogP contribution < -0.4 is 0 Å². The van der Waals surface area contributed by atoms with E-state index in [4.69, 9.17) is 42.6 Å². The van der Waals surface area contributed by atoms with Gasteiger partial charge in [-0.3, -0.25) is 0 Å². The fraction of sp³-hybridized carbons (Fsp3) is 0.684. The van der Waals surface area contributed by atoms with Gasteiger partial charge in [0.1, 0.15) is 50.8 Å². The van der Waals surface area contributed by atoms with Crippen molar-refractivity contribution in [3.05, 3.63) is 48.6 Å². The van der Waals surface area contributed by atoms with Crippen molar-refractivity contribution in [3.63, 3.8) is 0 Å². The molecular weight excluding hydrogens is 760 g/mol. The van der Waals surface area contributed by atoms with Crippen LogP contribution in [0.4, 0.5) is 0 Å². The minimum absolute atomic E-state index is 0.128. The molecule has 0 aliphatic heterocycles. The Morgan fingerprint density at radius 3 is 0.772 bits per heavy atom. The van der Waals surface area contributed by atoms with Gasteiger partial charge in [0.25, 0.3) is 0 Å². The molecule has 0 radical (unpaired) electrons. The van der Waals surface area contributed by atoms with Crippen molar-refractivity contribution < 1.29 is 92.4 Å². The lowest BCUT2D eigenvalue weighted by atomic mass is 9.90. The largest absolute Gasteiger partial charge is 0.460 e. The Hall–Kier alpha value is -3.60. The van der Waals surface area contributed by atoms with Crippen LogP contribution in [-0.2, 0) is 61.8 Å². The molecule has 0 saturated heterocycles. The molecular formula is C38H62O19. The minimum Gasteiger partial charge on any atom is -0.460 e. The lowest BCUT2D eigenvalue weighted by Crippen LogP contribution is -2.46. The van der Waals surface area contributed by atoms with E-state index in [2.05, 4.69) is 26.3 Å². The van der Waals surface area contributed by atoms with Crippen LogP contribution >= 0.6 is 0 Å². The topological polar surface area (TPSA) is 273 Å². The van der Waals surface area contributed by atoms with Gasteiger partial charge < -0.3 is 73.3 Å². The number of aliphatic hydroxyl groups excluding tert-OH is 6. The second kappa shape index (κ2) is 28.7. The predicted molar refractivity (Wildman–Crippen MR) is 200 cm³/mol. The van der Waals surface area contributed by atoms with Gasteiger partial charge in [0, 0.05) is 22.3 Å². The molecule has 0 saturated carbocycles. The van der Waals surface area contributed by atoms with E-state index in [1.807, 2.05) is 0 Å². The first-order valence-electron chi connectivity index (χ1n) is 17.8. The maximum atomic E-state index is 11.7. The molecule has 19 heteroatoms. The first-order valence-corrected chi connectivity index (χ1v) is 17.8. The molecule has 4 unspecified atom stereocenters. The summed E-state index contributed by atoms with van der Waals surface area (Å²) >= 11 is 0. The highest BCUT2D eigenvalue weighted by Gasteiger charge is 2.36. The van der Waals surface area contributed by atoms with Crippen LogP contribution in [-0.4, -0.2) is 185 Å². The Kier molecular flexibility index (Phi) is 26.9. The van der Waals surface area contributed by atoms with Gasteiger partial charge in [0.05, 0.1) is 90.1 Å². The van der Waals surface area contributed by atoms with Crippen LogP contribution in [0.5, 0.6) is 0 Å². The standard InChI is InChI=1S/C38H62O19/c1-25(2)33(45)54-13-29(41)9-49-19-37(17-39,20-50-10-30(42)14-55-34(46)26(3)4)23-53-24-38(18-40,21-51-11-31(43)15-56-35(47)27(5)6)22-52-12-32(44)16-57-36(48)28(7)8/h29-32,39-44H,1,3,5,7,9-24H2,2,4,6,8H3. The Bertz CT molecular complexity index is 1120. The number of carbonyl (C=O) groups excluding carboxylic acids is 4. The van der Waals surface area contributed by atoms with Gasteiger partial charge in [-0.25, -0.2) is 19.2 Å². The third kappa shape index (κ3) is 24.0. The van der Waals surface area contributed by atoms with Crippen molar-refractivity contribution in [1.29, 1.82) is 0 Å². The summed E-state index contributed by atoms with van der Waals surface area (Å²) in [4.78, 5) is 46.8. The molecule has 0 heterocycles. The van der Waals surface area contributed by atoms with Crippen LogP contribution in [0.25, 0.3) is 0 Å². The van der Waals surface area contributed by atoms with Crippen LogP contribution in [0.15, 0.2) is 48.6 Å². The Morgan fingerprint density at radius 2 is 0.596 bits per heavy atom. The van der Waals surface area contributed by atoms with Gasteiger partial charge in [-0.05, 0) is 27.7 Å². The summed E-state index contributed by atoms with van der Waals surface area (Å²) < 4.78 is 48.3. The zero-order chi connectivity index (χ0) is 43.6. The summed E-state index contributed by atoms with van der Waals surface area (Å²) in [7, 11) is 0. The first kappa shape index (κ1) is 53.4. The second-order valence-corrected chi connectivity index (χ2v) is 14.0. The van der Waals surface area contributed by atoms with E-state index in [1.54, 1.807) is 0 Å². The molecule has 0 aromatic carbocycles. The van der Waals surface area contributed by atoms with Gasteiger partial charge >= 0.3 is 23.9 Å². The maximum absolute atomic E-state index is 11.7. The molecule has 57 heavy (non-hydrogen) atoms. The second-order valence-electron chi connectivity index (χ2n) is 14.0. The number of ether oxygens (including phenoxy) is 9. The summed E-state index contributed by atoms with van der Waals surface area (Å²) in [5.41, 5.74) is -2.24. The van der Waals surface area contributed by atoms with E-state index in [-0.39, 0.29) is 88.4 Å². The van der Waals surface area contributed by atoms with E-state index in [1.165, 1.54) is 27.7 Å². The Balaban J connectivity index is 5.90. The number of carbonyl (C=O) groups is 4. The zero-order valence-corrected chi connectivity index (χ0v) is 33.4. The fourth-order valence-corrected chi connectivity index (χ4v) is 4.03. The summed E-state index contributed by atoms with van der Waals surface area (Å²) in [5.74, 6) is -2.85. The van der Waals surface area contributed by atoms with Crippen LogP contribution in [0.1, 0.15) is 27.7 Å². The van der Waals surface area contributed by atoms with E-state index in [0.717, 1.165) is 0 Å². The van der Waals surface area contributed by atoms with Crippen LogP contribution in [0, 0.1) is 10.8 Å². The molecule has 0 aliphatic rings. The molecule has 0 fully saturated rings. The van der Waals surface area contributed by atoms with Crippen molar-refractivity contribution >= 4 is 23.9 Å². The van der Waals surface area contributed by atoms with Crippen LogP contribution in [0.3, 0.4) is 0 Å². The third-order valence-electron chi connectivity index (χ3n) is 7.38. The Labute approximate surface area is 333 Å². The monoisotopic (exact) mass is 822 g/mol. The zero-order valence-electron chi connectivity index (χ0n) is 33.4. The quantitative estimate of drug-likeness (QED) is 0.0257. The predicted octanol–water partition coefficient (Wildman–Crippen LogP) is -1.05. The smallest absolute Gasteiger partial charge is 0.333 e. The van der Waals surface area contributed by atoms with Crippen molar-refractivity contribution in [3.8, 4) is 0 Å². The highest BCUT2D eigenvalue weighted by molar-refractivity contribution is 5.88. The van der Waals surface area contributed by atoms with Gasteiger partial charge in [-0.1, -0.05) is 26.3 Å². The average molecular weight is 823 g/mol. The molecule has 0 bridgehead atoms. The molecule has 328 valence electrons. The van der Waals surface area contributed by atoms with Gasteiger partial charge in [-0.2, -0.15) is 0 Å². The van der Waals surface area contributed by atoms with Crippen molar-refractivity contribution in [2.45, 2.75) is 52.1 Å². The molecule has 0 amide bonds. The number of esters is 4. The molecule has 6 N–H and O–H groups in total. The molecule has 0 aromatic rings. The number of hydrogen-bond acceptors (Lipinski definition) is 19. The first-order chi connectivity index (χ1) is 26.7. The lowest BCUT2D eigenvalue weighted by Gasteiger charge is -2.35. The molecule has 19 nitrogen and oxygen atoms in total. The Morgan fingerprint density at radius 1 is 0.404 bits per heavy atom. The van der Waals surface area contributed by atoms with Gasteiger partial charge in [-0.15, -0.1) is 0 Å². The number of hydrogen-bond donors (Lipinski definition) is 6. The minimum atomic E-state index is -1.38. The van der Waals surface area contributed by atoms with E-state index in [9.17, 15) is 49.8 Å². The summed E-state index contributed by atoms with van der Waals surface area (Å²) in [6, 6.07) is 0. The van der Waals surface area contributed by atoms with E-state index >= 15 is 0 Å². The highest BCUT2D eigenvalue weighted by atomic mass is 16.6. The lowest BCUT2D eigenvalue weighted by molar-refractivity contribution is -0.153. The molecule has 0 aliphatic carbocycles. The highest BCUT2D eigenvalue weighted by Crippen LogP contribution is 2.24. The molecule has 0 rings (SSSR count). The summed E-state index contributed by atoms with van der Waals surface area (Å²) in [5, 5.41) is 62.3. The van der Waals surface area contributed by atoms with Crippen molar-refractivity contribution in [2.24, 2.45) is 10.8 Å².